The summed E-state index contributed by atoms with van der Waals surface area (Å²) in [5.41, 5.74) is 10.4. The van der Waals surface area contributed by atoms with E-state index in [-0.39, 0.29) is 6.04 Å². The first-order valence-electron chi connectivity index (χ1n) is 11.0. The van der Waals surface area contributed by atoms with Crippen molar-refractivity contribution in [3.63, 3.8) is 0 Å². The maximum Gasteiger partial charge on any atom is 0.125 e. The third-order valence-corrected chi connectivity index (χ3v) is 5.60. The molecule has 164 valence electrons. The molecule has 0 saturated carbocycles. The Kier molecular flexibility index (Phi) is 8.34. The van der Waals surface area contributed by atoms with Crippen LogP contribution in [-0.2, 0) is 17.7 Å². The minimum Gasteiger partial charge on any atom is -0.496 e. The van der Waals surface area contributed by atoms with Crippen LogP contribution in [0.5, 0.6) is 5.75 Å². The van der Waals surface area contributed by atoms with E-state index >= 15 is 0 Å². The van der Waals surface area contributed by atoms with Crippen LogP contribution in [0.2, 0.25) is 0 Å². The van der Waals surface area contributed by atoms with E-state index < -0.39 is 0 Å². The number of pyridine rings is 1. The number of likely N-dealkylation sites (tertiary alicyclic amines) is 1. The van der Waals surface area contributed by atoms with Gasteiger partial charge < -0.3 is 20.5 Å². The third-order valence-electron chi connectivity index (χ3n) is 5.60. The van der Waals surface area contributed by atoms with Crippen molar-refractivity contribution in [1.82, 2.24) is 9.88 Å². The number of nitrogens with zero attached hydrogens (tertiary/aromatic N) is 2. The Balaban J connectivity index is 1.73. The van der Waals surface area contributed by atoms with E-state index in [0.29, 0.717) is 18.8 Å². The van der Waals surface area contributed by atoms with Crippen LogP contribution in [-0.4, -0.2) is 49.8 Å². The predicted molar refractivity (Wildman–Crippen MR) is 123 cm³/mol. The van der Waals surface area contributed by atoms with Gasteiger partial charge in [-0.15, -0.1) is 0 Å². The summed E-state index contributed by atoms with van der Waals surface area (Å²) in [5, 5.41) is 3.54. The van der Waals surface area contributed by atoms with Crippen LogP contribution in [0.4, 0.5) is 11.5 Å². The molecule has 1 saturated heterocycles. The lowest BCUT2D eigenvalue weighted by Gasteiger charge is -2.19. The van der Waals surface area contributed by atoms with Gasteiger partial charge >= 0.3 is 0 Å². The van der Waals surface area contributed by atoms with Crippen LogP contribution in [0.15, 0.2) is 30.3 Å². The number of hydrogen-bond acceptors (Lipinski definition) is 6. The van der Waals surface area contributed by atoms with Gasteiger partial charge in [0, 0.05) is 49.1 Å². The molecular formula is C24H36N4O2. The second-order valence-electron chi connectivity index (χ2n) is 8.16. The average molecular weight is 413 g/mol. The fourth-order valence-corrected chi connectivity index (χ4v) is 4.19. The zero-order chi connectivity index (χ0) is 21.3. The Morgan fingerprint density at radius 2 is 1.97 bits per heavy atom. The zero-order valence-electron chi connectivity index (χ0n) is 18.6. The largest absolute Gasteiger partial charge is 0.496 e. The van der Waals surface area contributed by atoms with Gasteiger partial charge in [-0.2, -0.15) is 0 Å². The van der Waals surface area contributed by atoms with E-state index in [4.69, 9.17) is 15.2 Å². The van der Waals surface area contributed by atoms with Gasteiger partial charge in [0.2, 0.25) is 0 Å². The lowest BCUT2D eigenvalue weighted by molar-refractivity contribution is 0.182. The molecular weight excluding hydrogens is 376 g/mol. The fraction of sp³-hybridized carbons (Fsp3) is 0.542. The van der Waals surface area contributed by atoms with Gasteiger partial charge in [-0.3, -0.25) is 4.90 Å². The Hall–Kier alpha value is -2.31. The topological polar surface area (TPSA) is 72.6 Å². The molecule has 3 N–H and O–H groups in total. The standard InChI is InChI=1S/C24H36N4O2/c1-4-7-20(17-29-2)26-22-14-21(27-24(25)15-22)13-19-9-8-18(12-23(19)30-3)16-28-10-5-6-11-28/h8-9,12,14-15,20H,4-7,10-11,13,16-17H2,1-3H3,(H3,25,26,27)/t20-/m0/s1. The Labute approximate surface area is 180 Å². The van der Waals surface area contributed by atoms with Gasteiger partial charge in [0.25, 0.3) is 0 Å². The number of anilines is 2. The summed E-state index contributed by atoms with van der Waals surface area (Å²) in [6.45, 7) is 6.21. The van der Waals surface area contributed by atoms with E-state index in [1.807, 2.05) is 6.07 Å². The first-order valence-corrected chi connectivity index (χ1v) is 11.0. The number of hydrogen-bond donors (Lipinski definition) is 2. The normalized spacial score (nSPS) is 15.3. The number of nitrogen functional groups attached to an aromatic ring is 1. The second kappa shape index (κ2) is 11.2. The molecule has 2 heterocycles. The van der Waals surface area contributed by atoms with Gasteiger partial charge in [0.05, 0.1) is 13.7 Å². The molecule has 0 bridgehead atoms. The van der Waals surface area contributed by atoms with Crippen LogP contribution in [0.3, 0.4) is 0 Å². The Morgan fingerprint density at radius 1 is 1.17 bits per heavy atom. The van der Waals surface area contributed by atoms with Crippen LogP contribution in [0, 0.1) is 0 Å². The highest BCUT2D eigenvalue weighted by molar-refractivity contribution is 5.53. The van der Waals surface area contributed by atoms with E-state index in [2.05, 4.69) is 46.4 Å². The smallest absolute Gasteiger partial charge is 0.125 e. The summed E-state index contributed by atoms with van der Waals surface area (Å²) in [5.74, 6) is 1.43. The molecule has 0 spiro atoms. The number of rotatable bonds is 11. The lowest BCUT2D eigenvalue weighted by atomic mass is 10.0. The molecule has 6 nitrogen and oxygen atoms in total. The SMILES string of the molecule is CCC[C@@H](COC)Nc1cc(N)nc(Cc2ccc(CN3CCCC3)cc2OC)c1. The summed E-state index contributed by atoms with van der Waals surface area (Å²) in [6.07, 6.45) is 5.41. The van der Waals surface area contributed by atoms with E-state index in [9.17, 15) is 0 Å². The molecule has 0 radical (unpaired) electrons. The molecule has 6 heteroatoms. The average Bonchev–Trinajstić information content (AvgIpc) is 3.22. The number of aromatic nitrogens is 1. The molecule has 1 aliphatic heterocycles. The monoisotopic (exact) mass is 412 g/mol. The molecule has 0 aliphatic carbocycles. The number of ether oxygens (including phenoxy) is 2. The molecule has 1 aliphatic rings. The van der Waals surface area contributed by atoms with Crippen molar-refractivity contribution in [2.75, 3.05) is 45.0 Å². The van der Waals surface area contributed by atoms with Crippen molar-refractivity contribution in [3.05, 3.63) is 47.2 Å². The van der Waals surface area contributed by atoms with Gasteiger partial charge in [-0.05, 0) is 50.0 Å². The molecule has 2 aromatic rings. The molecule has 30 heavy (non-hydrogen) atoms. The highest BCUT2D eigenvalue weighted by atomic mass is 16.5. The summed E-state index contributed by atoms with van der Waals surface area (Å²) in [4.78, 5) is 7.05. The zero-order valence-corrected chi connectivity index (χ0v) is 18.6. The highest BCUT2D eigenvalue weighted by Crippen LogP contribution is 2.26. The first kappa shape index (κ1) is 22.4. The molecule has 0 amide bonds. The van der Waals surface area contributed by atoms with Gasteiger partial charge in [-0.1, -0.05) is 25.5 Å². The number of nitrogens with one attached hydrogen (secondary N) is 1. The molecule has 3 rings (SSSR count). The van der Waals surface area contributed by atoms with E-state index in [1.54, 1.807) is 14.2 Å². The molecule has 1 atom stereocenters. The van der Waals surface area contributed by atoms with Crippen LogP contribution in [0.25, 0.3) is 0 Å². The third kappa shape index (κ3) is 6.34. The molecule has 1 fully saturated rings. The van der Waals surface area contributed by atoms with Crippen molar-refractivity contribution < 1.29 is 9.47 Å². The summed E-state index contributed by atoms with van der Waals surface area (Å²) in [6, 6.07) is 10.7. The molecule has 1 aromatic carbocycles. The number of benzene rings is 1. The fourth-order valence-electron chi connectivity index (χ4n) is 4.19. The van der Waals surface area contributed by atoms with E-state index in [0.717, 1.165) is 42.1 Å². The van der Waals surface area contributed by atoms with Crippen molar-refractivity contribution in [1.29, 1.82) is 0 Å². The van der Waals surface area contributed by atoms with Crippen molar-refractivity contribution in [2.45, 2.75) is 51.6 Å². The van der Waals surface area contributed by atoms with Gasteiger partial charge in [0.1, 0.15) is 11.6 Å². The van der Waals surface area contributed by atoms with Gasteiger partial charge in [-0.25, -0.2) is 4.98 Å². The lowest BCUT2D eigenvalue weighted by Crippen LogP contribution is -2.24. The first-order chi connectivity index (χ1) is 14.6. The maximum absolute atomic E-state index is 6.10. The van der Waals surface area contributed by atoms with Crippen LogP contribution >= 0.6 is 0 Å². The Morgan fingerprint density at radius 3 is 2.67 bits per heavy atom. The molecule has 1 aromatic heterocycles. The van der Waals surface area contributed by atoms with Gasteiger partial charge in [0.15, 0.2) is 0 Å². The number of nitrogens with two attached hydrogens (primary N) is 1. The highest BCUT2D eigenvalue weighted by Gasteiger charge is 2.14. The van der Waals surface area contributed by atoms with Crippen molar-refractivity contribution in [3.8, 4) is 5.75 Å². The van der Waals surface area contributed by atoms with Crippen LogP contribution < -0.4 is 15.8 Å². The summed E-state index contributed by atoms with van der Waals surface area (Å²) < 4.78 is 11.0. The maximum atomic E-state index is 6.10. The minimum atomic E-state index is 0.258. The Bertz CT molecular complexity index is 800. The van der Waals surface area contributed by atoms with Crippen molar-refractivity contribution in [2.24, 2.45) is 0 Å². The minimum absolute atomic E-state index is 0.258. The molecule has 0 unspecified atom stereocenters. The summed E-state index contributed by atoms with van der Waals surface area (Å²) in [7, 11) is 3.47. The van der Waals surface area contributed by atoms with Crippen LogP contribution in [0.1, 0.15) is 49.4 Å². The quantitative estimate of drug-likeness (QED) is 0.579. The van der Waals surface area contributed by atoms with E-state index in [1.165, 1.54) is 31.5 Å². The van der Waals surface area contributed by atoms with Crippen molar-refractivity contribution >= 4 is 11.5 Å². The second-order valence-corrected chi connectivity index (χ2v) is 8.16. The number of methoxy groups -OCH3 is 2. The summed E-state index contributed by atoms with van der Waals surface area (Å²) >= 11 is 0. The predicted octanol–water partition coefficient (Wildman–Crippen LogP) is 4.09.